The summed E-state index contributed by atoms with van der Waals surface area (Å²) in [6, 6.07) is 5.30. The van der Waals surface area contributed by atoms with Gasteiger partial charge in [0, 0.05) is 6.20 Å². The van der Waals surface area contributed by atoms with Crippen LogP contribution < -0.4 is 10.0 Å². The third-order valence-corrected chi connectivity index (χ3v) is 3.43. The van der Waals surface area contributed by atoms with Crippen LogP contribution in [-0.4, -0.2) is 25.6 Å². The van der Waals surface area contributed by atoms with E-state index in [9.17, 15) is 30.8 Å². The molecule has 0 saturated heterocycles. The average Bonchev–Trinajstić information content (AvgIpc) is 2.46. The van der Waals surface area contributed by atoms with E-state index in [-0.39, 0.29) is 0 Å². The minimum absolute atomic E-state index is 0.409. The maximum Gasteiger partial charge on any atom is 0.417 e. The van der Waals surface area contributed by atoms with Gasteiger partial charge in [0.05, 0.1) is 23.1 Å². The van der Waals surface area contributed by atoms with Crippen molar-refractivity contribution in [1.29, 1.82) is 0 Å². The number of pyridine rings is 1. The number of carbonyl (C=O) groups excluding carboxylic acids is 1. The van der Waals surface area contributed by atoms with Gasteiger partial charge >= 0.3 is 6.18 Å². The minimum atomic E-state index is -4.77. The summed E-state index contributed by atoms with van der Waals surface area (Å²) in [5.74, 6) is -2.48. The van der Waals surface area contributed by atoms with Crippen LogP contribution in [0.5, 0.6) is 0 Å². The second-order valence-electron chi connectivity index (χ2n) is 4.93. The molecule has 134 valence electrons. The van der Waals surface area contributed by atoms with Crippen molar-refractivity contribution in [2.45, 2.75) is 6.18 Å². The molecule has 2 rings (SSSR count). The van der Waals surface area contributed by atoms with Gasteiger partial charge in [0.2, 0.25) is 10.0 Å². The molecule has 1 heterocycles. The molecule has 0 fully saturated rings. The van der Waals surface area contributed by atoms with E-state index < -0.39 is 50.6 Å². The number of anilines is 2. The normalized spacial score (nSPS) is 11.9. The number of rotatable bonds is 4. The molecule has 6 nitrogen and oxygen atoms in total. The van der Waals surface area contributed by atoms with Gasteiger partial charge in [0.15, 0.2) is 5.82 Å². The van der Waals surface area contributed by atoms with E-state index in [4.69, 9.17) is 0 Å². The summed E-state index contributed by atoms with van der Waals surface area (Å²) < 4.78 is 76.5. The van der Waals surface area contributed by atoms with Crippen LogP contribution in [0.4, 0.5) is 29.1 Å². The first-order valence-corrected chi connectivity index (χ1v) is 8.47. The highest BCUT2D eigenvalue weighted by Gasteiger charge is 2.32. The Hall–Kier alpha value is -2.69. The van der Waals surface area contributed by atoms with Crippen molar-refractivity contribution in [1.82, 2.24) is 4.98 Å². The van der Waals surface area contributed by atoms with Gasteiger partial charge in [0.1, 0.15) is 5.82 Å². The van der Waals surface area contributed by atoms with Crippen molar-refractivity contribution in [3.05, 3.63) is 53.5 Å². The molecule has 0 saturated carbocycles. The Morgan fingerprint density at radius 1 is 1.20 bits per heavy atom. The SMILES string of the molecule is CS(=O)(=O)Nc1ncc(C(F)(F)F)cc1NC(=O)c1ccccc1F. The molecular weight excluding hydrogens is 366 g/mol. The highest BCUT2D eigenvalue weighted by atomic mass is 32.2. The van der Waals surface area contributed by atoms with Crippen LogP contribution in [0.15, 0.2) is 36.5 Å². The molecule has 0 aliphatic carbocycles. The third kappa shape index (κ3) is 4.89. The van der Waals surface area contributed by atoms with Crippen LogP contribution in [0.2, 0.25) is 0 Å². The quantitative estimate of drug-likeness (QED) is 0.802. The molecule has 1 aromatic carbocycles. The van der Waals surface area contributed by atoms with Crippen LogP contribution in [0.25, 0.3) is 0 Å². The molecule has 0 aliphatic heterocycles. The number of sulfonamides is 1. The van der Waals surface area contributed by atoms with E-state index in [1.807, 2.05) is 10.0 Å². The Morgan fingerprint density at radius 2 is 1.84 bits per heavy atom. The van der Waals surface area contributed by atoms with Crippen molar-refractivity contribution in [2.75, 3.05) is 16.3 Å². The fourth-order valence-electron chi connectivity index (χ4n) is 1.81. The predicted molar refractivity (Wildman–Crippen MR) is 82.1 cm³/mol. The van der Waals surface area contributed by atoms with E-state index in [1.165, 1.54) is 12.1 Å². The second-order valence-corrected chi connectivity index (χ2v) is 6.67. The molecule has 1 amide bonds. The van der Waals surface area contributed by atoms with Gasteiger partial charge in [-0.05, 0) is 18.2 Å². The lowest BCUT2D eigenvalue weighted by Gasteiger charge is -2.14. The van der Waals surface area contributed by atoms with Crippen LogP contribution in [0.3, 0.4) is 0 Å². The van der Waals surface area contributed by atoms with Crippen molar-refractivity contribution in [2.24, 2.45) is 0 Å². The number of carbonyl (C=O) groups is 1. The molecule has 25 heavy (non-hydrogen) atoms. The Bertz CT molecular complexity index is 914. The predicted octanol–water partition coefficient (Wildman–Crippen LogP) is 2.86. The number of amides is 1. The van der Waals surface area contributed by atoms with E-state index in [0.717, 1.165) is 18.4 Å². The molecular formula is C14H11F4N3O3S. The van der Waals surface area contributed by atoms with E-state index >= 15 is 0 Å². The number of aromatic nitrogens is 1. The van der Waals surface area contributed by atoms with Gasteiger partial charge in [-0.2, -0.15) is 13.2 Å². The van der Waals surface area contributed by atoms with E-state index in [2.05, 4.69) is 4.98 Å². The van der Waals surface area contributed by atoms with E-state index in [1.54, 1.807) is 0 Å². The minimum Gasteiger partial charge on any atom is -0.319 e. The third-order valence-electron chi connectivity index (χ3n) is 2.86. The van der Waals surface area contributed by atoms with Gasteiger partial charge in [-0.25, -0.2) is 17.8 Å². The van der Waals surface area contributed by atoms with Crippen LogP contribution in [0.1, 0.15) is 15.9 Å². The lowest BCUT2D eigenvalue weighted by Crippen LogP contribution is -2.19. The molecule has 0 radical (unpaired) electrons. The van der Waals surface area contributed by atoms with Crippen molar-refractivity contribution in [3.8, 4) is 0 Å². The average molecular weight is 377 g/mol. The summed E-state index contributed by atoms with van der Waals surface area (Å²) in [5, 5.41) is 2.03. The lowest BCUT2D eigenvalue weighted by atomic mass is 10.2. The first-order valence-electron chi connectivity index (χ1n) is 6.58. The summed E-state index contributed by atoms with van der Waals surface area (Å²) in [4.78, 5) is 15.5. The fourth-order valence-corrected chi connectivity index (χ4v) is 2.32. The Kier molecular flexibility index (Phi) is 4.97. The summed E-state index contributed by atoms with van der Waals surface area (Å²) in [6.07, 6.45) is -3.60. The maximum absolute atomic E-state index is 13.6. The number of hydrogen-bond acceptors (Lipinski definition) is 4. The smallest absolute Gasteiger partial charge is 0.319 e. The molecule has 11 heteroatoms. The fraction of sp³-hybridized carbons (Fsp3) is 0.143. The van der Waals surface area contributed by atoms with Crippen LogP contribution in [-0.2, 0) is 16.2 Å². The molecule has 0 bridgehead atoms. The zero-order valence-electron chi connectivity index (χ0n) is 12.6. The van der Waals surface area contributed by atoms with Gasteiger partial charge in [-0.15, -0.1) is 0 Å². The lowest BCUT2D eigenvalue weighted by molar-refractivity contribution is -0.137. The highest BCUT2D eigenvalue weighted by Crippen LogP contribution is 2.33. The second kappa shape index (κ2) is 6.67. The number of alkyl halides is 3. The molecule has 0 atom stereocenters. The molecule has 2 N–H and O–H groups in total. The number of benzene rings is 1. The molecule has 0 spiro atoms. The van der Waals surface area contributed by atoms with Gasteiger partial charge in [-0.3, -0.25) is 9.52 Å². The van der Waals surface area contributed by atoms with Crippen LogP contribution in [0, 0.1) is 5.82 Å². The summed E-state index contributed by atoms with van der Waals surface area (Å²) in [7, 11) is -3.88. The first kappa shape index (κ1) is 18.6. The Balaban J connectivity index is 2.45. The zero-order valence-corrected chi connectivity index (χ0v) is 13.4. The number of hydrogen-bond donors (Lipinski definition) is 2. The first-order chi connectivity index (χ1) is 11.5. The van der Waals surface area contributed by atoms with Gasteiger partial charge in [0.25, 0.3) is 5.91 Å². The van der Waals surface area contributed by atoms with Crippen LogP contribution >= 0.6 is 0 Å². The van der Waals surface area contributed by atoms with Gasteiger partial charge < -0.3 is 5.32 Å². The maximum atomic E-state index is 13.6. The number of halogens is 4. The topological polar surface area (TPSA) is 88.2 Å². The summed E-state index contributed by atoms with van der Waals surface area (Å²) in [5.41, 5.74) is -2.20. The zero-order chi connectivity index (χ0) is 18.8. The molecule has 0 unspecified atom stereocenters. The highest BCUT2D eigenvalue weighted by molar-refractivity contribution is 7.92. The molecule has 1 aromatic heterocycles. The van der Waals surface area contributed by atoms with Gasteiger partial charge in [-0.1, -0.05) is 12.1 Å². The summed E-state index contributed by atoms with van der Waals surface area (Å²) >= 11 is 0. The van der Waals surface area contributed by atoms with Crippen molar-refractivity contribution in [3.63, 3.8) is 0 Å². The molecule has 2 aromatic rings. The van der Waals surface area contributed by atoms with E-state index in [0.29, 0.717) is 12.3 Å². The standard InChI is InChI=1S/C14H11F4N3O3S/c1-25(23,24)21-12-11(6-8(7-19-12)14(16,17)18)20-13(22)9-4-2-3-5-10(9)15/h2-7H,1H3,(H,19,21)(H,20,22). The summed E-state index contributed by atoms with van der Waals surface area (Å²) in [6.45, 7) is 0. The Morgan fingerprint density at radius 3 is 2.40 bits per heavy atom. The largest absolute Gasteiger partial charge is 0.417 e. The van der Waals surface area contributed by atoms with Crippen molar-refractivity contribution < 1.29 is 30.8 Å². The number of nitrogens with one attached hydrogen (secondary N) is 2. The Labute approximate surface area is 139 Å². The molecule has 0 aliphatic rings. The monoisotopic (exact) mass is 377 g/mol. The number of nitrogens with zero attached hydrogens (tertiary/aromatic N) is 1. The van der Waals surface area contributed by atoms with Crippen molar-refractivity contribution >= 4 is 27.4 Å².